The molecular weight excluding hydrogens is 322 g/mol. The summed E-state index contributed by atoms with van der Waals surface area (Å²) >= 11 is 1.61. The summed E-state index contributed by atoms with van der Waals surface area (Å²) in [6, 6.07) is 11.6. The van der Waals surface area contributed by atoms with E-state index in [1.54, 1.807) is 11.3 Å². The molecule has 1 atom stereocenters. The first-order valence-corrected chi connectivity index (χ1v) is 8.95. The summed E-state index contributed by atoms with van der Waals surface area (Å²) in [7, 11) is 0. The number of hydrogen-bond acceptors (Lipinski definition) is 5. The van der Waals surface area contributed by atoms with Crippen LogP contribution >= 0.6 is 11.3 Å². The van der Waals surface area contributed by atoms with Crippen LogP contribution in [0.15, 0.2) is 51.7 Å². The molecule has 4 rings (SSSR count). The van der Waals surface area contributed by atoms with Gasteiger partial charge in [0.2, 0.25) is 17.6 Å². The summed E-state index contributed by atoms with van der Waals surface area (Å²) in [5.74, 6) is 1.23. The molecule has 6 heteroatoms. The second-order valence-electron chi connectivity index (χ2n) is 5.88. The average molecular weight is 339 g/mol. The molecule has 0 radical (unpaired) electrons. The minimum Gasteiger partial charge on any atom is -0.337 e. The predicted molar refractivity (Wildman–Crippen MR) is 91.4 cm³/mol. The maximum absolute atomic E-state index is 12.6. The summed E-state index contributed by atoms with van der Waals surface area (Å²) in [4.78, 5) is 19.0. The van der Waals surface area contributed by atoms with Crippen molar-refractivity contribution < 1.29 is 9.32 Å². The molecule has 0 unspecified atom stereocenters. The van der Waals surface area contributed by atoms with Crippen molar-refractivity contribution in [3.05, 3.63) is 58.6 Å². The van der Waals surface area contributed by atoms with Crippen LogP contribution in [0.2, 0.25) is 0 Å². The molecule has 0 saturated carbocycles. The Morgan fingerprint density at radius 3 is 2.96 bits per heavy atom. The lowest BCUT2D eigenvalue weighted by atomic mass is 10.2. The van der Waals surface area contributed by atoms with Crippen molar-refractivity contribution in [3.8, 4) is 11.4 Å². The molecule has 1 aliphatic heterocycles. The lowest BCUT2D eigenvalue weighted by Crippen LogP contribution is -2.31. The maximum Gasteiger partial charge on any atom is 0.249 e. The Labute approximate surface area is 143 Å². The summed E-state index contributed by atoms with van der Waals surface area (Å²) in [5, 5.41) is 8.09. The van der Waals surface area contributed by atoms with Crippen molar-refractivity contribution >= 4 is 17.2 Å². The molecule has 122 valence electrons. The molecule has 0 spiro atoms. The maximum atomic E-state index is 12.6. The van der Waals surface area contributed by atoms with E-state index in [-0.39, 0.29) is 11.9 Å². The fraction of sp³-hybridized carbons (Fsp3) is 0.278. The number of aromatic nitrogens is 2. The third-order valence-electron chi connectivity index (χ3n) is 4.27. The van der Waals surface area contributed by atoms with Gasteiger partial charge in [-0.25, -0.2) is 0 Å². The average Bonchev–Trinajstić information content (AvgIpc) is 3.36. The van der Waals surface area contributed by atoms with Crippen LogP contribution in [-0.2, 0) is 11.2 Å². The number of thiophene rings is 1. The van der Waals surface area contributed by atoms with Gasteiger partial charge >= 0.3 is 0 Å². The molecule has 1 amide bonds. The number of rotatable bonds is 4. The van der Waals surface area contributed by atoms with Crippen molar-refractivity contribution in [2.75, 3.05) is 6.54 Å². The second kappa shape index (κ2) is 6.57. The molecular formula is C18H17N3O2S. The molecule has 5 nitrogen and oxygen atoms in total. The number of likely N-dealkylation sites (tertiary alicyclic amines) is 1. The Morgan fingerprint density at radius 1 is 1.29 bits per heavy atom. The molecule has 1 saturated heterocycles. The van der Waals surface area contributed by atoms with Gasteiger partial charge in [-0.15, -0.1) is 0 Å². The molecule has 1 aliphatic rings. The van der Waals surface area contributed by atoms with Gasteiger partial charge in [-0.3, -0.25) is 4.79 Å². The highest BCUT2D eigenvalue weighted by Crippen LogP contribution is 2.32. The predicted octanol–water partition coefficient (Wildman–Crippen LogP) is 3.70. The van der Waals surface area contributed by atoms with E-state index in [0.717, 1.165) is 30.5 Å². The zero-order valence-electron chi connectivity index (χ0n) is 13.1. The zero-order valence-corrected chi connectivity index (χ0v) is 13.9. The van der Waals surface area contributed by atoms with E-state index >= 15 is 0 Å². The fourth-order valence-corrected chi connectivity index (χ4v) is 3.74. The van der Waals surface area contributed by atoms with Gasteiger partial charge in [0, 0.05) is 12.1 Å². The first-order valence-electron chi connectivity index (χ1n) is 8.01. The molecule has 1 fully saturated rings. The minimum atomic E-state index is -0.110. The highest BCUT2D eigenvalue weighted by atomic mass is 32.1. The summed E-state index contributed by atoms with van der Waals surface area (Å²) in [6.07, 6.45) is 2.26. The van der Waals surface area contributed by atoms with E-state index in [9.17, 15) is 4.79 Å². The van der Waals surface area contributed by atoms with Gasteiger partial charge < -0.3 is 9.42 Å². The molecule has 3 heterocycles. The summed E-state index contributed by atoms with van der Waals surface area (Å²) in [5.41, 5.74) is 1.98. The van der Waals surface area contributed by atoms with Gasteiger partial charge in [0.1, 0.15) is 6.04 Å². The Morgan fingerprint density at radius 2 is 2.17 bits per heavy atom. The van der Waals surface area contributed by atoms with Crippen LogP contribution in [-0.4, -0.2) is 27.5 Å². The highest BCUT2D eigenvalue weighted by Gasteiger charge is 2.34. The number of amides is 1. The van der Waals surface area contributed by atoms with Crippen molar-refractivity contribution in [1.82, 2.24) is 15.0 Å². The van der Waals surface area contributed by atoms with E-state index in [1.807, 2.05) is 52.1 Å². The van der Waals surface area contributed by atoms with Gasteiger partial charge in [-0.05, 0) is 35.2 Å². The Bertz CT molecular complexity index is 814. The van der Waals surface area contributed by atoms with Crippen molar-refractivity contribution in [2.45, 2.75) is 25.3 Å². The topological polar surface area (TPSA) is 59.2 Å². The van der Waals surface area contributed by atoms with Crippen molar-refractivity contribution in [2.24, 2.45) is 0 Å². The lowest BCUT2D eigenvalue weighted by molar-refractivity contribution is -0.131. The van der Waals surface area contributed by atoms with Gasteiger partial charge in [0.25, 0.3) is 0 Å². The molecule has 0 aliphatic carbocycles. The molecule has 1 aromatic carbocycles. The number of carbonyl (C=O) groups excluding carboxylic acids is 1. The Hall–Kier alpha value is -2.47. The van der Waals surface area contributed by atoms with Gasteiger partial charge in [-0.1, -0.05) is 35.5 Å². The van der Waals surface area contributed by atoms with E-state index in [0.29, 0.717) is 18.1 Å². The highest BCUT2D eigenvalue weighted by molar-refractivity contribution is 7.08. The minimum absolute atomic E-state index is 0.110. The monoisotopic (exact) mass is 339 g/mol. The second-order valence-corrected chi connectivity index (χ2v) is 6.66. The third kappa shape index (κ3) is 2.97. The van der Waals surface area contributed by atoms with E-state index in [4.69, 9.17) is 4.52 Å². The quantitative estimate of drug-likeness (QED) is 0.727. The number of carbonyl (C=O) groups is 1. The van der Waals surface area contributed by atoms with E-state index in [2.05, 4.69) is 10.1 Å². The summed E-state index contributed by atoms with van der Waals surface area (Å²) < 4.78 is 5.47. The molecule has 0 bridgehead atoms. The van der Waals surface area contributed by atoms with Crippen LogP contribution in [0.3, 0.4) is 0 Å². The Balaban J connectivity index is 1.53. The van der Waals surface area contributed by atoms with E-state index < -0.39 is 0 Å². The molecule has 3 aromatic rings. The first-order chi connectivity index (χ1) is 11.8. The number of hydrogen-bond donors (Lipinski definition) is 0. The molecule has 24 heavy (non-hydrogen) atoms. The largest absolute Gasteiger partial charge is 0.337 e. The van der Waals surface area contributed by atoms with Crippen LogP contribution in [0.1, 0.15) is 30.3 Å². The van der Waals surface area contributed by atoms with E-state index in [1.165, 1.54) is 0 Å². The standard InChI is InChI=1S/C18H17N3O2S/c22-16(11-13-8-10-24-12-13)21-9-4-7-15(21)18-19-17(20-23-18)14-5-2-1-3-6-14/h1-3,5-6,8,10,12,15H,4,7,9,11H2/t15-/m0/s1. The number of benzene rings is 1. The van der Waals surface area contributed by atoms with Crippen LogP contribution < -0.4 is 0 Å². The lowest BCUT2D eigenvalue weighted by Gasteiger charge is -2.21. The first kappa shape index (κ1) is 15.1. The van der Waals surface area contributed by atoms with Gasteiger partial charge in [-0.2, -0.15) is 16.3 Å². The Kier molecular flexibility index (Phi) is 4.13. The van der Waals surface area contributed by atoms with Crippen LogP contribution in [0.5, 0.6) is 0 Å². The van der Waals surface area contributed by atoms with Crippen LogP contribution in [0, 0.1) is 0 Å². The molecule has 2 aromatic heterocycles. The normalized spacial score (nSPS) is 17.3. The molecule has 0 N–H and O–H groups in total. The van der Waals surface area contributed by atoms with Crippen LogP contribution in [0.25, 0.3) is 11.4 Å². The van der Waals surface area contributed by atoms with Crippen molar-refractivity contribution in [1.29, 1.82) is 0 Å². The van der Waals surface area contributed by atoms with Crippen molar-refractivity contribution in [3.63, 3.8) is 0 Å². The summed E-state index contributed by atoms with van der Waals surface area (Å²) in [6.45, 7) is 0.747. The zero-order chi connectivity index (χ0) is 16.4. The van der Waals surface area contributed by atoms with Crippen LogP contribution in [0.4, 0.5) is 0 Å². The van der Waals surface area contributed by atoms with Gasteiger partial charge in [0.15, 0.2) is 0 Å². The smallest absolute Gasteiger partial charge is 0.249 e. The van der Waals surface area contributed by atoms with Gasteiger partial charge in [0.05, 0.1) is 6.42 Å². The third-order valence-corrected chi connectivity index (χ3v) is 5.00. The fourth-order valence-electron chi connectivity index (χ4n) is 3.07. The SMILES string of the molecule is O=C(Cc1ccsc1)N1CCC[C@H]1c1nc(-c2ccccc2)no1. The number of nitrogens with zero attached hydrogens (tertiary/aromatic N) is 3.